The molecule has 33 heavy (non-hydrogen) atoms. The second kappa shape index (κ2) is 12.3. The highest BCUT2D eigenvalue weighted by Crippen LogP contribution is 2.11. The van der Waals surface area contributed by atoms with Crippen molar-refractivity contribution in [2.45, 2.75) is 26.5 Å². The van der Waals surface area contributed by atoms with E-state index in [0.29, 0.717) is 16.8 Å². The van der Waals surface area contributed by atoms with Gasteiger partial charge in [0.05, 0.1) is 12.4 Å². The van der Waals surface area contributed by atoms with Crippen LogP contribution in [-0.2, 0) is 14.8 Å². The fourth-order valence-electron chi connectivity index (χ4n) is 2.49. The standard InChI is InChI=1S/C22H21N3O6S.CH4/c1-15(26)20(22(28)24-29)23-21(27)18-12-10-16(11-13-18)6-3-4-7-17-8-5-9-19(14-17)25-32(2,30)31;/h5,8-15,20,25-26,29H,1-2H3,(H,23,27)(H,24,28);1H4/t15-,20+;/m1./s1. The number of anilines is 1. The van der Waals surface area contributed by atoms with Crippen molar-refractivity contribution in [1.29, 1.82) is 0 Å². The average molecular weight is 472 g/mol. The molecular weight excluding hydrogens is 446 g/mol. The summed E-state index contributed by atoms with van der Waals surface area (Å²) in [5.41, 5.74) is 3.19. The van der Waals surface area contributed by atoms with Gasteiger partial charge in [0.1, 0.15) is 6.04 Å². The van der Waals surface area contributed by atoms with Crippen LogP contribution in [0.4, 0.5) is 5.69 Å². The zero-order valence-corrected chi connectivity index (χ0v) is 18.0. The summed E-state index contributed by atoms with van der Waals surface area (Å²) in [5, 5.41) is 20.6. The first-order valence-electron chi connectivity index (χ1n) is 9.22. The van der Waals surface area contributed by atoms with Crippen molar-refractivity contribution in [3.05, 3.63) is 65.2 Å². The van der Waals surface area contributed by atoms with Crippen LogP contribution < -0.4 is 15.5 Å². The van der Waals surface area contributed by atoms with Gasteiger partial charge in [0, 0.05) is 22.4 Å². The second-order valence-corrected chi connectivity index (χ2v) is 8.45. The first kappa shape index (κ1) is 27.2. The molecule has 0 aliphatic carbocycles. The summed E-state index contributed by atoms with van der Waals surface area (Å²) in [6.07, 6.45) is -0.152. The topological polar surface area (TPSA) is 145 Å². The number of aliphatic hydroxyl groups is 1. The van der Waals surface area contributed by atoms with Crippen LogP contribution in [0.3, 0.4) is 0 Å². The highest BCUT2D eigenvalue weighted by Gasteiger charge is 2.25. The molecule has 0 bridgehead atoms. The van der Waals surface area contributed by atoms with Crippen LogP contribution in [0.5, 0.6) is 0 Å². The molecule has 0 unspecified atom stereocenters. The molecule has 0 saturated carbocycles. The molecule has 0 spiro atoms. The second-order valence-electron chi connectivity index (χ2n) is 6.70. The number of rotatable bonds is 6. The molecule has 0 aromatic heterocycles. The number of sulfonamides is 1. The molecule has 2 aromatic rings. The molecule has 0 saturated heterocycles. The lowest BCUT2D eigenvalue weighted by atomic mass is 10.1. The number of amides is 2. The Morgan fingerprint density at radius 1 is 1.00 bits per heavy atom. The first-order chi connectivity index (χ1) is 15.1. The molecule has 0 radical (unpaired) electrons. The Morgan fingerprint density at radius 2 is 1.61 bits per heavy atom. The molecule has 0 heterocycles. The molecule has 0 aliphatic rings. The summed E-state index contributed by atoms with van der Waals surface area (Å²) in [6, 6.07) is 11.4. The van der Waals surface area contributed by atoms with Gasteiger partial charge in [-0.05, 0) is 61.2 Å². The smallest absolute Gasteiger partial charge is 0.268 e. The number of benzene rings is 2. The molecule has 0 aliphatic heterocycles. The lowest BCUT2D eigenvalue weighted by Gasteiger charge is -2.19. The third-order valence-electron chi connectivity index (χ3n) is 3.95. The van der Waals surface area contributed by atoms with Gasteiger partial charge in [-0.25, -0.2) is 13.9 Å². The normalized spacial score (nSPS) is 11.8. The molecule has 10 heteroatoms. The van der Waals surface area contributed by atoms with E-state index in [9.17, 15) is 23.1 Å². The van der Waals surface area contributed by atoms with E-state index in [1.807, 2.05) is 0 Å². The molecule has 2 amide bonds. The molecule has 2 aromatic carbocycles. The monoisotopic (exact) mass is 471 g/mol. The summed E-state index contributed by atoms with van der Waals surface area (Å²) >= 11 is 0. The molecule has 9 nitrogen and oxygen atoms in total. The summed E-state index contributed by atoms with van der Waals surface area (Å²) in [7, 11) is -3.38. The van der Waals surface area contributed by atoms with Crippen molar-refractivity contribution >= 4 is 27.5 Å². The van der Waals surface area contributed by atoms with Crippen molar-refractivity contribution in [3.8, 4) is 23.7 Å². The summed E-state index contributed by atoms with van der Waals surface area (Å²) in [6.45, 7) is 1.30. The fourth-order valence-corrected chi connectivity index (χ4v) is 3.04. The number of hydroxylamine groups is 1. The molecule has 174 valence electrons. The van der Waals surface area contributed by atoms with Crippen molar-refractivity contribution < 1.29 is 28.3 Å². The van der Waals surface area contributed by atoms with E-state index in [0.717, 1.165) is 6.26 Å². The number of aliphatic hydroxyl groups excluding tert-OH is 1. The van der Waals surface area contributed by atoms with Crippen molar-refractivity contribution in [3.63, 3.8) is 0 Å². The lowest BCUT2D eigenvalue weighted by Crippen LogP contribution is -2.51. The highest BCUT2D eigenvalue weighted by molar-refractivity contribution is 7.92. The van der Waals surface area contributed by atoms with Gasteiger partial charge in [-0.2, -0.15) is 0 Å². The van der Waals surface area contributed by atoms with Crippen LogP contribution in [0.25, 0.3) is 0 Å². The maximum atomic E-state index is 12.2. The Balaban J connectivity index is 0.00000544. The number of hydrogen-bond acceptors (Lipinski definition) is 6. The Bertz CT molecular complexity index is 1220. The van der Waals surface area contributed by atoms with Gasteiger partial charge in [0.25, 0.3) is 11.8 Å². The number of hydrogen-bond donors (Lipinski definition) is 5. The molecule has 0 fully saturated rings. The SMILES string of the molecule is C.C[C@@H](O)[C@H](NC(=O)c1ccc(C#CC#Cc2cccc(NS(C)(=O)=O)c2)cc1)C(=O)NO. The van der Waals surface area contributed by atoms with Crippen molar-refractivity contribution in [1.82, 2.24) is 10.8 Å². The zero-order chi connectivity index (χ0) is 23.7. The Labute approximate surface area is 193 Å². The average Bonchev–Trinajstić information content (AvgIpc) is 2.73. The van der Waals surface area contributed by atoms with Crippen LogP contribution in [0, 0.1) is 23.7 Å². The number of nitrogens with one attached hydrogen (secondary N) is 3. The molecule has 2 atom stereocenters. The van der Waals surface area contributed by atoms with Crippen LogP contribution in [0.15, 0.2) is 48.5 Å². The third kappa shape index (κ3) is 9.05. The van der Waals surface area contributed by atoms with Gasteiger partial charge in [-0.1, -0.05) is 25.3 Å². The van der Waals surface area contributed by atoms with Gasteiger partial charge >= 0.3 is 0 Å². The summed E-state index contributed by atoms with van der Waals surface area (Å²) < 4.78 is 24.9. The van der Waals surface area contributed by atoms with Gasteiger partial charge < -0.3 is 10.4 Å². The number of carbonyl (C=O) groups is 2. The minimum absolute atomic E-state index is 0. The van der Waals surface area contributed by atoms with Gasteiger partial charge in [0.2, 0.25) is 10.0 Å². The zero-order valence-electron chi connectivity index (χ0n) is 17.2. The Kier molecular flexibility index (Phi) is 10.1. The van der Waals surface area contributed by atoms with E-state index < -0.39 is 34.0 Å². The largest absolute Gasteiger partial charge is 0.391 e. The van der Waals surface area contributed by atoms with Crippen LogP contribution in [-0.4, -0.2) is 48.9 Å². The van der Waals surface area contributed by atoms with E-state index >= 15 is 0 Å². The fraction of sp³-hybridized carbons (Fsp3) is 0.217. The van der Waals surface area contributed by atoms with E-state index in [4.69, 9.17) is 5.21 Å². The summed E-state index contributed by atoms with van der Waals surface area (Å²) in [4.78, 5) is 23.7. The third-order valence-corrected chi connectivity index (χ3v) is 4.56. The quantitative estimate of drug-likeness (QED) is 0.242. The predicted molar refractivity (Wildman–Crippen MR) is 125 cm³/mol. The van der Waals surface area contributed by atoms with Gasteiger partial charge in [-0.15, -0.1) is 0 Å². The van der Waals surface area contributed by atoms with Crippen molar-refractivity contribution in [2.75, 3.05) is 11.0 Å². The maximum absolute atomic E-state index is 12.2. The van der Waals surface area contributed by atoms with E-state index in [1.165, 1.54) is 24.5 Å². The minimum Gasteiger partial charge on any atom is -0.391 e. The molecular formula is C23H25N3O6S. The highest BCUT2D eigenvalue weighted by atomic mass is 32.2. The van der Waals surface area contributed by atoms with Crippen molar-refractivity contribution in [2.24, 2.45) is 0 Å². The van der Waals surface area contributed by atoms with Crippen LogP contribution in [0.2, 0.25) is 0 Å². The maximum Gasteiger partial charge on any atom is 0.268 e. The first-order valence-corrected chi connectivity index (χ1v) is 11.1. The van der Waals surface area contributed by atoms with Gasteiger partial charge in [-0.3, -0.25) is 19.5 Å². The number of carbonyl (C=O) groups excluding carboxylic acids is 2. The minimum atomic E-state index is -3.38. The van der Waals surface area contributed by atoms with E-state index in [2.05, 4.69) is 33.7 Å². The summed E-state index contributed by atoms with van der Waals surface area (Å²) in [5.74, 6) is 9.43. The Hall–Kier alpha value is -3.83. The lowest BCUT2D eigenvalue weighted by molar-refractivity contribution is -0.133. The van der Waals surface area contributed by atoms with Crippen LogP contribution >= 0.6 is 0 Å². The van der Waals surface area contributed by atoms with Gasteiger partial charge in [0.15, 0.2) is 0 Å². The predicted octanol–water partition coefficient (Wildman–Crippen LogP) is 1.08. The van der Waals surface area contributed by atoms with Crippen LogP contribution in [0.1, 0.15) is 35.8 Å². The molecule has 5 N–H and O–H groups in total. The Morgan fingerprint density at radius 3 is 2.15 bits per heavy atom. The van der Waals surface area contributed by atoms with E-state index in [-0.39, 0.29) is 13.0 Å². The molecule has 2 rings (SSSR count). The van der Waals surface area contributed by atoms with E-state index in [1.54, 1.807) is 36.4 Å².